The van der Waals surface area contributed by atoms with Crippen molar-refractivity contribution < 1.29 is 14.3 Å². The lowest BCUT2D eigenvalue weighted by atomic mass is 10.2. The predicted molar refractivity (Wildman–Crippen MR) is 59.2 cm³/mol. The zero-order valence-corrected chi connectivity index (χ0v) is 9.79. The monoisotopic (exact) mass is 210 g/mol. The maximum absolute atomic E-state index is 11.3. The molecule has 3 heteroatoms. The minimum Gasteiger partial charge on any atom is -0.386 e. The van der Waals surface area contributed by atoms with Crippen molar-refractivity contribution in [2.45, 2.75) is 40.5 Å². The summed E-state index contributed by atoms with van der Waals surface area (Å²) in [5.41, 5.74) is 0.935. The minimum absolute atomic E-state index is 0.468. The molecule has 0 heterocycles. The van der Waals surface area contributed by atoms with Gasteiger partial charge >= 0.3 is 11.9 Å². The molecule has 0 bridgehead atoms. The lowest BCUT2D eigenvalue weighted by Gasteiger charge is -2.02. The van der Waals surface area contributed by atoms with Crippen LogP contribution in [-0.2, 0) is 14.3 Å². The number of allylic oxidation sites excluding steroid dienone is 2. The summed E-state index contributed by atoms with van der Waals surface area (Å²) in [6.45, 7) is 7.11. The van der Waals surface area contributed by atoms with Gasteiger partial charge in [0, 0.05) is 11.1 Å². The Morgan fingerprint density at radius 2 is 1.27 bits per heavy atom. The highest BCUT2D eigenvalue weighted by atomic mass is 16.6. The molecule has 0 aromatic carbocycles. The van der Waals surface area contributed by atoms with Crippen molar-refractivity contribution in [2.75, 3.05) is 0 Å². The van der Waals surface area contributed by atoms with E-state index in [0.29, 0.717) is 11.1 Å². The Hall–Kier alpha value is -1.38. The minimum atomic E-state index is -0.564. The zero-order valence-electron chi connectivity index (χ0n) is 9.79. The maximum atomic E-state index is 11.3. The molecule has 0 N–H and O–H groups in total. The van der Waals surface area contributed by atoms with Crippen molar-refractivity contribution in [3.05, 3.63) is 23.3 Å². The first-order valence-corrected chi connectivity index (χ1v) is 5.12. The molecule has 0 saturated carbocycles. The number of hydrogen-bond acceptors (Lipinski definition) is 3. The van der Waals surface area contributed by atoms with Crippen molar-refractivity contribution in [3.63, 3.8) is 0 Å². The molecule has 0 amide bonds. The van der Waals surface area contributed by atoms with Crippen LogP contribution in [0.3, 0.4) is 0 Å². The van der Waals surface area contributed by atoms with Crippen molar-refractivity contribution in [3.8, 4) is 0 Å². The molecular formula is C12H18O3. The molecule has 84 valence electrons. The summed E-state index contributed by atoms with van der Waals surface area (Å²) in [4.78, 5) is 22.6. The Morgan fingerprint density at radius 1 is 0.933 bits per heavy atom. The van der Waals surface area contributed by atoms with Crippen molar-refractivity contribution in [2.24, 2.45) is 0 Å². The van der Waals surface area contributed by atoms with E-state index < -0.39 is 11.9 Å². The summed E-state index contributed by atoms with van der Waals surface area (Å²) in [7, 11) is 0. The second-order valence-electron chi connectivity index (χ2n) is 3.27. The van der Waals surface area contributed by atoms with Gasteiger partial charge in [0.25, 0.3) is 0 Å². The van der Waals surface area contributed by atoms with Crippen molar-refractivity contribution in [1.82, 2.24) is 0 Å². The Morgan fingerprint density at radius 3 is 1.53 bits per heavy atom. The van der Waals surface area contributed by atoms with Crippen LogP contribution in [0.5, 0.6) is 0 Å². The summed E-state index contributed by atoms with van der Waals surface area (Å²) in [5, 5.41) is 0. The van der Waals surface area contributed by atoms with Crippen LogP contribution in [0, 0.1) is 0 Å². The lowest BCUT2D eigenvalue weighted by molar-refractivity contribution is -0.153. The third-order valence-electron chi connectivity index (χ3n) is 1.85. The molecule has 15 heavy (non-hydrogen) atoms. The highest BCUT2D eigenvalue weighted by Gasteiger charge is 2.12. The second-order valence-corrected chi connectivity index (χ2v) is 3.27. The Balaban J connectivity index is 4.37. The van der Waals surface area contributed by atoms with Crippen LogP contribution >= 0.6 is 0 Å². The van der Waals surface area contributed by atoms with Gasteiger partial charge in [0.15, 0.2) is 0 Å². The number of carbonyl (C=O) groups excluding carboxylic acids is 2. The van der Waals surface area contributed by atoms with Crippen LogP contribution in [0.1, 0.15) is 40.5 Å². The SMILES string of the molecule is CCC=C(C)C(=O)OC(=O)C(C)=CCC. The third kappa shape index (κ3) is 5.15. The van der Waals surface area contributed by atoms with Gasteiger partial charge in [-0.25, -0.2) is 9.59 Å². The van der Waals surface area contributed by atoms with Gasteiger partial charge in [-0.1, -0.05) is 26.0 Å². The van der Waals surface area contributed by atoms with E-state index in [9.17, 15) is 9.59 Å². The Kier molecular flexibility index (Phi) is 6.34. The largest absolute Gasteiger partial charge is 0.386 e. The van der Waals surface area contributed by atoms with Gasteiger partial charge in [-0.2, -0.15) is 0 Å². The standard InChI is InChI=1S/C12H18O3/c1-5-7-9(3)11(13)15-12(14)10(4)8-6-2/h7-8H,5-6H2,1-4H3. The summed E-state index contributed by atoms with van der Waals surface area (Å²) >= 11 is 0. The molecule has 0 fully saturated rings. The van der Waals surface area contributed by atoms with E-state index in [1.807, 2.05) is 13.8 Å². The van der Waals surface area contributed by atoms with Gasteiger partial charge < -0.3 is 4.74 Å². The van der Waals surface area contributed by atoms with E-state index in [4.69, 9.17) is 0 Å². The number of rotatable bonds is 4. The summed E-state index contributed by atoms with van der Waals surface area (Å²) in [6, 6.07) is 0. The van der Waals surface area contributed by atoms with Gasteiger partial charge in [-0.15, -0.1) is 0 Å². The Labute approximate surface area is 90.8 Å². The van der Waals surface area contributed by atoms with Crippen LogP contribution in [-0.4, -0.2) is 11.9 Å². The van der Waals surface area contributed by atoms with Crippen LogP contribution < -0.4 is 0 Å². The fourth-order valence-corrected chi connectivity index (χ4v) is 1.02. The van der Waals surface area contributed by atoms with E-state index in [0.717, 1.165) is 12.8 Å². The fourth-order valence-electron chi connectivity index (χ4n) is 1.02. The van der Waals surface area contributed by atoms with Crippen LogP contribution in [0.15, 0.2) is 23.3 Å². The molecule has 0 aromatic heterocycles. The molecule has 0 aliphatic heterocycles. The second kappa shape index (κ2) is 6.98. The maximum Gasteiger partial charge on any atom is 0.341 e. The summed E-state index contributed by atoms with van der Waals surface area (Å²) < 4.78 is 4.66. The van der Waals surface area contributed by atoms with Gasteiger partial charge in [0.05, 0.1) is 0 Å². The quantitative estimate of drug-likeness (QED) is 0.407. The molecule has 0 radical (unpaired) electrons. The smallest absolute Gasteiger partial charge is 0.341 e. The molecule has 0 atom stereocenters. The normalized spacial score (nSPS) is 12.5. The number of ether oxygens (including phenoxy) is 1. The first-order chi connectivity index (χ1) is 7.02. The van der Waals surface area contributed by atoms with E-state index in [1.54, 1.807) is 26.0 Å². The van der Waals surface area contributed by atoms with Gasteiger partial charge in [0.1, 0.15) is 0 Å². The van der Waals surface area contributed by atoms with Crippen molar-refractivity contribution in [1.29, 1.82) is 0 Å². The predicted octanol–water partition coefficient (Wildman–Crippen LogP) is 2.77. The van der Waals surface area contributed by atoms with E-state index >= 15 is 0 Å². The number of esters is 2. The average Bonchev–Trinajstić information content (AvgIpc) is 2.18. The van der Waals surface area contributed by atoms with Crippen LogP contribution in [0.4, 0.5) is 0 Å². The number of carbonyl (C=O) groups is 2. The van der Waals surface area contributed by atoms with E-state index in [2.05, 4.69) is 4.74 Å². The van der Waals surface area contributed by atoms with Crippen molar-refractivity contribution >= 4 is 11.9 Å². The molecule has 0 aliphatic rings. The van der Waals surface area contributed by atoms with Crippen LogP contribution in [0.2, 0.25) is 0 Å². The highest BCUT2D eigenvalue weighted by Crippen LogP contribution is 2.03. The highest BCUT2D eigenvalue weighted by molar-refractivity contribution is 6.01. The molecule has 0 aromatic rings. The lowest BCUT2D eigenvalue weighted by Crippen LogP contribution is -2.13. The fraction of sp³-hybridized carbons (Fsp3) is 0.500. The van der Waals surface area contributed by atoms with Gasteiger partial charge in [-0.3, -0.25) is 0 Å². The van der Waals surface area contributed by atoms with E-state index in [1.165, 1.54) is 0 Å². The first kappa shape index (κ1) is 13.6. The first-order valence-electron chi connectivity index (χ1n) is 5.12. The molecule has 0 aliphatic carbocycles. The zero-order chi connectivity index (χ0) is 11.8. The van der Waals surface area contributed by atoms with E-state index in [-0.39, 0.29) is 0 Å². The Bertz CT molecular complexity index is 268. The molecule has 0 unspecified atom stereocenters. The molecular weight excluding hydrogens is 192 g/mol. The van der Waals surface area contributed by atoms with Gasteiger partial charge in [-0.05, 0) is 26.7 Å². The van der Waals surface area contributed by atoms with Crippen LogP contribution in [0.25, 0.3) is 0 Å². The summed E-state index contributed by atoms with van der Waals surface area (Å²) in [5.74, 6) is -1.13. The summed E-state index contributed by atoms with van der Waals surface area (Å²) in [6.07, 6.45) is 4.96. The molecule has 0 rings (SSSR count). The number of hydrogen-bond donors (Lipinski definition) is 0. The average molecular weight is 210 g/mol. The topological polar surface area (TPSA) is 43.4 Å². The molecule has 0 saturated heterocycles. The van der Waals surface area contributed by atoms with Gasteiger partial charge in [0.2, 0.25) is 0 Å². The molecule has 0 spiro atoms. The molecule has 3 nitrogen and oxygen atoms in total. The third-order valence-corrected chi connectivity index (χ3v) is 1.85.